The van der Waals surface area contributed by atoms with Crippen molar-refractivity contribution in [2.45, 2.75) is 13.8 Å². The standard InChI is InChI=1S/C21H18N4/c1-13-3-7-15(8-4-13)17-11-18-20(22)23-12-24-21(18)25-19(17)16-9-5-14(2)6-10-16/h3-12H,1-2H3,(H2,22,23,24,25). The minimum atomic E-state index is 0.446. The highest BCUT2D eigenvalue weighted by Crippen LogP contribution is 2.34. The average Bonchev–Trinajstić information content (AvgIpc) is 2.63. The summed E-state index contributed by atoms with van der Waals surface area (Å²) in [6, 6.07) is 18.8. The van der Waals surface area contributed by atoms with Crippen molar-refractivity contribution in [2.75, 3.05) is 5.73 Å². The van der Waals surface area contributed by atoms with E-state index in [2.05, 4.69) is 72.3 Å². The van der Waals surface area contributed by atoms with E-state index >= 15 is 0 Å². The summed E-state index contributed by atoms with van der Waals surface area (Å²) in [6.45, 7) is 4.15. The van der Waals surface area contributed by atoms with Gasteiger partial charge in [-0.25, -0.2) is 15.0 Å². The third-order valence-corrected chi connectivity index (χ3v) is 4.34. The first-order valence-electron chi connectivity index (χ1n) is 8.17. The predicted molar refractivity (Wildman–Crippen MR) is 102 cm³/mol. The van der Waals surface area contributed by atoms with Gasteiger partial charge in [0.2, 0.25) is 0 Å². The third-order valence-electron chi connectivity index (χ3n) is 4.34. The molecule has 0 fully saturated rings. The fourth-order valence-electron chi connectivity index (χ4n) is 2.89. The summed E-state index contributed by atoms with van der Waals surface area (Å²) in [5, 5.41) is 0.772. The van der Waals surface area contributed by atoms with Gasteiger partial charge in [-0.3, -0.25) is 0 Å². The number of nitrogens with zero attached hydrogens (tertiary/aromatic N) is 3. The molecule has 4 heteroatoms. The molecule has 0 aliphatic rings. The van der Waals surface area contributed by atoms with Gasteiger partial charge in [0.15, 0.2) is 5.65 Å². The van der Waals surface area contributed by atoms with Crippen LogP contribution in [0.15, 0.2) is 60.9 Å². The van der Waals surface area contributed by atoms with Crippen LogP contribution >= 0.6 is 0 Å². The molecule has 4 aromatic rings. The van der Waals surface area contributed by atoms with Crippen molar-refractivity contribution in [1.29, 1.82) is 0 Å². The number of nitrogen functional groups attached to an aromatic ring is 1. The lowest BCUT2D eigenvalue weighted by atomic mass is 9.97. The lowest BCUT2D eigenvalue weighted by molar-refractivity contribution is 1.19. The SMILES string of the molecule is Cc1ccc(-c2cc3c(N)ncnc3nc2-c2ccc(C)cc2)cc1. The second-order valence-electron chi connectivity index (χ2n) is 6.25. The number of benzene rings is 2. The Hall–Kier alpha value is -3.27. The van der Waals surface area contributed by atoms with Gasteiger partial charge in [0, 0.05) is 11.1 Å². The number of nitrogens with two attached hydrogens (primary N) is 1. The van der Waals surface area contributed by atoms with Crippen LogP contribution in [0.5, 0.6) is 0 Å². The van der Waals surface area contributed by atoms with Gasteiger partial charge in [0.1, 0.15) is 12.1 Å². The summed E-state index contributed by atoms with van der Waals surface area (Å²) >= 11 is 0. The number of pyridine rings is 1. The topological polar surface area (TPSA) is 64.7 Å². The van der Waals surface area contributed by atoms with Crippen molar-refractivity contribution >= 4 is 16.9 Å². The minimum absolute atomic E-state index is 0.446. The van der Waals surface area contributed by atoms with Gasteiger partial charge in [0.25, 0.3) is 0 Å². The molecule has 0 spiro atoms. The number of hydrogen-bond donors (Lipinski definition) is 1. The highest BCUT2D eigenvalue weighted by Gasteiger charge is 2.13. The van der Waals surface area contributed by atoms with Gasteiger partial charge < -0.3 is 5.73 Å². The van der Waals surface area contributed by atoms with Crippen LogP contribution in [-0.2, 0) is 0 Å². The molecule has 4 nitrogen and oxygen atoms in total. The highest BCUT2D eigenvalue weighted by molar-refractivity contribution is 5.94. The van der Waals surface area contributed by atoms with Crippen LogP contribution in [0.2, 0.25) is 0 Å². The van der Waals surface area contributed by atoms with E-state index in [1.54, 1.807) is 0 Å². The van der Waals surface area contributed by atoms with E-state index in [0.717, 1.165) is 27.8 Å². The summed E-state index contributed by atoms with van der Waals surface area (Å²) in [4.78, 5) is 13.2. The van der Waals surface area contributed by atoms with Crippen molar-refractivity contribution < 1.29 is 0 Å². The number of hydrogen-bond acceptors (Lipinski definition) is 4. The van der Waals surface area contributed by atoms with E-state index in [9.17, 15) is 0 Å². The molecule has 2 aromatic carbocycles. The van der Waals surface area contributed by atoms with Crippen molar-refractivity contribution in [3.05, 3.63) is 72.1 Å². The van der Waals surface area contributed by atoms with Gasteiger partial charge in [-0.15, -0.1) is 0 Å². The second kappa shape index (κ2) is 5.98. The quantitative estimate of drug-likeness (QED) is 0.586. The number of rotatable bonds is 2. The number of fused-ring (bicyclic) bond motifs is 1. The van der Waals surface area contributed by atoms with Crippen molar-refractivity contribution in [2.24, 2.45) is 0 Å². The Labute approximate surface area is 146 Å². The van der Waals surface area contributed by atoms with Crippen LogP contribution < -0.4 is 5.73 Å². The largest absolute Gasteiger partial charge is 0.383 e. The minimum Gasteiger partial charge on any atom is -0.383 e. The Kier molecular flexibility index (Phi) is 3.65. The van der Waals surface area contributed by atoms with Crippen LogP contribution in [0.4, 0.5) is 5.82 Å². The molecule has 0 aliphatic heterocycles. The summed E-state index contributed by atoms with van der Waals surface area (Å²) < 4.78 is 0. The summed E-state index contributed by atoms with van der Waals surface area (Å²) in [5.74, 6) is 0.446. The zero-order valence-corrected chi connectivity index (χ0v) is 14.2. The number of aromatic nitrogens is 3. The number of aryl methyl sites for hydroxylation is 2. The van der Waals surface area contributed by atoms with Crippen LogP contribution in [0.1, 0.15) is 11.1 Å². The molecule has 0 saturated carbocycles. The maximum Gasteiger partial charge on any atom is 0.165 e. The maximum absolute atomic E-state index is 6.04. The molecule has 25 heavy (non-hydrogen) atoms. The second-order valence-corrected chi connectivity index (χ2v) is 6.25. The first-order chi connectivity index (χ1) is 12.1. The molecule has 2 N–H and O–H groups in total. The Morgan fingerprint density at radius 1 is 0.760 bits per heavy atom. The Morgan fingerprint density at radius 2 is 1.36 bits per heavy atom. The predicted octanol–water partition coefficient (Wildman–Crippen LogP) is 4.56. The molecule has 0 unspecified atom stereocenters. The maximum atomic E-state index is 6.04. The van der Waals surface area contributed by atoms with E-state index in [1.165, 1.54) is 17.5 Å². The zero-order chi connectivity index (χ0) is 17.4. The van der Waals surface area contributed by atoms with Crippen LogP contribution in [0, 0.1) is 13.8 Å². The summed E-state index contributed by atoms with van der Waals surface area (Å²) in [7, 11) is 0. The average molecular weight is 326 g/mol. The monoisotopic (exact) mass is 326 g/mol. The van der Waals surface area contributed by atoms with Crippen molar-refractivity contribution in [1.82, 2.24) is 15.0 Å². The molecule has 0 bridgehead atoms. The van der Waals surface area contributed by atoms with E-state index in [1.807, 2.05) is 6.07 Å². The Morgan fingerprint density at radius 3 is 2.00 bits per heavy atom. The normalized spacial score (nSPS) is 11.0. The fourth-order valence-corrected chi connectivity index (χ4v) is 2.89. The van der Waals surface area contributed by atoms with E-state index < -0.39 is 0 Å². The third kappa shape index (κ3) is 2.83. The zero-order valence-electron chi connectivity index (χ0n) is 14.2. The molecule has 0 aliphatic carbocycles. The van der Waals surface area contributed by atoms with E-state index in [-0.39, 0.29) is 0 Å². The first-order valence-corrected chi connectivity index (χ1v) is 8.17. The van der Waals surface area contributed by atoms with Crippen LogP contribution in [0.3, 0.4) is 0 Å². The van der Waals surface area contributed by atoms with E-state index in [0.29, 0.717) is 11.5 Å². The molecule has 122 valence electrons. The van der Waals surface area contributed by atoms with Gasteiger partial charge in [-0.1, -0.05) is 59.7 Å². The van der Waals surface area contributed by atoms with Gasteiger partial charge in [-0.05, 0) is 25.5 Å². The van der Waals surface area contributed by atoms with Gasteiger partial charge >= 0.3 is 0 Å². The van der Waals surface area contributed by atoms with Gasteiger partial charge in [-0.2, -0.15) is 0 Å². The summed E-state index contributed by atoms with van der Waals surface area (Å²) in [6.07, 6.45) is 1.45. The molecule has 0 saturated heterocycles. The van der Waals surface area contributed by atoms with Crippen molar-refractivity contribution in [3.8, 4) is 22.4 Å². The molecule has 0 atom stereocenters. The molecule has 0 amide bonds. The Bertz CT molecular complexity index is 1050. The Balaban J connectivity index is 2.03. The van der Waals surface area contributed by atoms with Gasteiger partial charge in [0.05, 0.1) is 11.1 Å². The first kappa shape index (κ1) is 15.3. The molecular weight excluding hydrogens is 308 g/mol. The van der Waals surface area contributed by atoms with E-state index in [4.69, 9.17) is 10.7 Å². The molecule has 4 rings (SSSR count). The molecular formula is C21H18N4. The van der Waals surface area contributed by atoms with Crippen LogP contribution in [-0.4, -0.2) is 15.0 Å². The number of anilines is 1. The lowest BCUT2D eigenvalue weighted by Gasteiger charge is -2.12. The smallest absolute Gasteiger partial charge is 0.165 e. The lowest BCUT2D eigenvalue weighted by Crippen LogP contribution is -1.98. The molecule has 2 aromatic heterocycles. The van der Waals surface area contributed by atoms with Crippen molar-refractivity contribution in [3.63, 3.8) is 0 Å². The fraction of sp³-hybridized carbons (Fsp3) is 0.0952. The van der Waals surface area contributed by atoms with Crippen LogP contribution in [0.25, 0.3) is 33.4 Å². The molecule has 2 heterocycles. The highest BCUT2D eigenvalue weighted by atomic mass is 15.0. The summed E-state index contributed by atoms with van der Waals surface area (Å²) in [5.41, 5.74) is 13.2. The molecule has 0 radical (unpaired) electrons.